The van der Waals surface area contributed by atoms with E-state index in [0.29, 0.717) is 0 Å². The molecular weight excluding hydrogens is 372 g/mol. The minimum atomic E-state index is 1.00. The van der Waals surface area contributed by atoms with Crippen LogP contribution >= 0.6 is 0 Å². The van der Waals surface area contributed by atoms with Gasteiger partial charge in [-0.25, -0.2) is 0 Å². The van der Waals surface area contributed by atoms with Gasteiger partial charge in [0.2, 0.25) is 0 Å². The second-order valence-electron chi connectivity index (χ2n) is 11.3. The highest BCUT2D eigenvalue weighted by atomic mass is 14.4. The molecule has 0 nitrogen and oxygen atoms in total. The van der Waals surface area contributed by atoms with Gasteiger partial charge in [-0.3, -0.25) is 0 Å². The van der Waals surface area contributed by atoms with Crippen LogP contribution < -0.4 is 0 Å². The van der Waals surface area contributed by atoms with Gasteiger partial charge < -0.3 is 0 Å². The predicted molar refractivity (Wildman–Crippen MR) is 143 cm³/mol. The first-order chi connectivity index (χ1) is 15.2. The van der Waals surface area contributed by atoms with Gasteiger partial charge in [0.05, 0.1) is 0 Å². The van der Waals surface area contributed by atoms with Crippen LogP contribution in [0.1, 0.15) is 164 Å². The topological polar surface area (TPSA) is 0 Å². The second kappa shape index (κ2) is 18.4. The van der Waals surface area contributed by atoms with Crippen LogP contribution in [0.15, 0.2) is 0 Å². The zero-order chi connectivity index (χ0) is 22.9. The normalized spacial score (nSPS) is 30.4. The fourth-order valence-electron chi connectivity index (χ4n) is 7.28. The molecule has 1 aliphatic carbocycles. The van der Waals surface area contributed by atoms with E-state index >= 15 is 0 Å². The molecule has 0 aromatic heterocycles. The van der Waals surface area contributed by atoms with Crippen molar-refractivity contribution in [2.45, 2.75) is 164 Å². The summed E-state index contributed by atoms with van der Waals surface area (Å²) in [4.78, 5) is 0. The minimum Gasteiger partial charge on any atom is -0.0654 e. The smallest absolute Gasteiger partial charge is 0.0355 e. The number of hydrogen-bond donors (Lipinski definition) is 0. The van der Waals surface area contributed by atoms with Gasteiger partial charge in [0, 0.05) is 0 Å². The molecule has 0 N–H and O–H groups in total. The molecule has 1 aliphatic rings. The van der Waals surface area contributed by atoms with Gasteiger partial charge in [0.25, 0.3) is 0 Å². The summed E-state index contributed by atoms with van der Waals surface area (Å²) in [5, 5.41) is 0. The zero-order valence-electron chi connectivity index (χ0n) is 22.9. The maximum atomic E-state index is 2.46. The molecule has 0 bridgehead atoms. The Morgan fingerprint density at radius 2 is 0.710 bits per heavy atom. The number of unbranched alkanes of at least 4 members (excludes halogenated alkanes) is 3. The van der Waals surface area contributed by atoms with Gasteiger partial charge in [-0.15, -0.1) is 0 Å². The van der Waals surface area contributed by atoms with E-state index in [2.05, 4.69) is 41.5 Å². The van der Waals surface area contributed by atoms with Crippen LogP contribution in [0.4, 0.5) is 0 Å². The highest BCUT2D eigenvalue weighted by Gasteiger charge is 2.35. The molecule has 0 aromatic carbocycles. The van der Waals surface area contributed by atoms with Crippen molar-refractivity contribution in [2.75, 3.05) is 0 Å². The third kappa shape index (κ3) is 10.6. The molecule has 1 unspecified atom stereocenters. The van der Waals surface area contributed by atoms with E-state index in [1.807, 2.05) is 0 Å². The molecule has 0 heteroatoms. The van der Waals surface area contributed by atoms with Crippen LogP contribution in [0.3, 0.4) is 0 Å². The average Bonchev–Trinajstić information content (AvgIpc) is 2.77. The largest absolute Gasteiger partial charge is 0.0654 e. The molecule has 0 amide bonds. The Labute approximate surface area is 199 Å². The first kappa shape index (κ1) is 29.0. The molecule has 0 saturated heterocycles. The Kier molecular flexibility index (Phi) is 17.3. The molecule has 6 atom stereocenters. The van der Waals surface area contributed by atoms with Crippen LogP contribution in [0, 0.1) is 35.5 Å². The highest BCUT2D eigenvalue weighted by Crippen LogP contribution is 2.46. The highest BCUT2D eigenvalue weighted by molar-refractivity contribution is 4.86. The van der Waals surface area contributed by atoms with Gasteiger partial charge in [-0.1, -0.05) is 131 Å². The molecule has 0 radical (unpaired) electrons. The van der Waals surface area contributed by atoms with E-state index in [1.165, 1.54) is 109 Å². The Balaban J connectivity index is 3.24. The van der Waals surface area contributed by atoms with Gasteiger partial charge in [0.15, 0.2) is 0 Å². The Bertz CT molecular complexity index is 385. The average molecular weight is 435 g/mol. The lowest BCUT2D eigenvalue weighted by Crippen LogP contribution is -2.32. The first-order valence-corrected chi connectivity index (χ1v) is 15.2. The van der Waals surface area contributed by atoms with Crippen LogP contribution in [0.2, 0.25) is 0 Å². The molecule has 0 spiro atoms. The summed E-state index contributed by atoms with van der Waals surface area (Å²) in [6.45, 7) is 14.6. The van der Waals surface area contributed by atoms with Crippen molar-refractivity contribution in [3.05, 3.63) is 0 Å². The first-order valence-electron chi connectivity index (χ1n) is 15.2. The van der Waals surface area contributed by atoms with Gasteiger partial charge in [-0.2, -0.15) is 0 Å². The number of hydrogen-bond acceptors (Lipinski definition) is 0. The van der Waals surface area contributed by atoms with Gasteiger partial charge in [0.1, 0.15) is 0 Å². The van der Waals surface area contributed by atoms with E-state index in [9.17, 15) is 0 Å². The summed E-state index contributed by atoms with van der Waals surface area (Å²) in [5.74, 6) is 6.05. The maximum Gasteiger partial charge on any atom is -0.0355 e. The van der Waals surface area contributed by atoms with Crippen molar-refractivity contribution in [3.63, 3.8) is 0 Å². The van der Waals surface area contributed by atoms with Gasteiger partial charge in [-0.05, 0) is 67.6 Å². The van der Waals surface area contributed by atoms with Crippen LogP contribution in [0.25, 0.3) is 0 Å². The van der Waals surface area contributed by atoms with Crippen molar-refractivity contribution in [2.24, 2.45) is 35.5 Å². The third-order valence-electron chi connectivity index (χ3n) is 8.93. The summed E-state index contributed by atoms with van der Waals surface area (Å²) in [6.07, 6.45) is 27.9. The van der Waals surface area contributed by atoms with E-state index in [4.69, 9.17) is 0 Å². The Morgan fingerprint density at radius 3 is 1.23 bits per heavy atom. The van der Waals surface area contributed by atoms with E-state index in [1.54, 1.807) is 12.8 Å². The lowest BCUT2D eigenvalue weighted by atomic mass is 9.63. The van der Waals surface area contributed by atoms with Crippen molar-refractivity contribution < 1.29 is 0 Å². The molecule has 1 saturated carbocycles. The molecule has 1 fully saturated rings. The lowest BCUT2D eigenvalue weighted by molar-refractivity contribution is 0.0820. The summed E-state index contributed by atoms with van der Waals surface area (Å²) in [7, 11) is 0. The number of rotatable bonds is 15. The zero-order valence-corrected chi connectivity index (χ0v) is 22.9. The van der Waals surface area contributed by atoms with E-state index in [-0.39, 0.29) is 0 Å². The molecule has 31 heavy (non-hydrogen) atoms. The fraction of sp³-hybridized carbons (Fsp3) is 1.00. The Hall–Kier alpha value is 0. The van der Waals surface area contributed by atoms with E-state index in [0.717, 1.165) is 35.5 Å². The SMILES string of the molecule is CCCCC1CC[C@@H](CCCC)[C@H](CCC)CC[C@H](CCC)[C@H](CCC)[C@H]1CCCC. The summed E-state index contributed by atoms with van der Waals surface area (Å²) < 4.78 is 0. The maximum absolute atomic E-state index is 2.46. The van der Waals surface area contributed by atoms with Crippen molar-refractivity contribution in [1.82, 2.24) is 0 Å². The van der Waals surface area contributed by atoms with Crippen LogP contribution in [0.5, 0.6) is 0 Å². The summed E-state index contributed by atoms with van der Waals surface area (Å²) in [6, 6.07) is 0. The lowest BCUT2D eigenvalue weighted by Gasteiger charge is -2.42. The summed E-state index contributed by atoms with van der Waals surface area (Å²) >= 11 is 0. The van der Waals surface area contributed by atoms with E-state index < -0.39 is 0 Å². The molecule has 186 valence electrons. The molecule has 1 rings (SSSR count). The molecule has 0 aliphatic heterocycles. The van der Waals surface area contributed by atoms with Crippen molar-refractivity contribution in [3.8, 4) is 0 Å². The van der Waals surface area contributed by atoms with Crippen molar-refractivity contribution in [1.29, 1.82) is 0 Å². The monoisotopic (exact) mass is 434 g/mol. The molecule has 0 heterocycles. The predicted octanol–water partition coefficient (Wildman–Crippen LogP) is 11.2. The standard InChI is InChI=1S/C31H62/c1-7-13-19-27-23-25-29(20-14-8-2)31(21-15-9-3)30(18-12-6)28(17-11-5)24-22-26(27)16-10-4/h26-31H,7-25H2,1-6H3/t26-,27-,28+,29?,30+,31+/m1/s1. The second-order valence-corrected chi connectivity index (χ2v) is 11.3. The third-order valence-corrected chi connectivity index (χ3v) is 8.93. The van der Waals surface area contributed by atoms with Crippen molar-refractivity contribution >= 4 is 0 Å². The van der Waals surface area contributed by atoms with Gasteiger partial charge >= 0.3 is 0 Å². The van der Waals surface area contributed by atoms with Crippen LogP contribution in [-0.2, 0) is 0 Å². The fourth-order valence-corrected chi connectivity index (χ4v) is 7.28. The minimum absolute atomic E-state index is 1.00. The summed E-state index contributed by atoms with van der Waals surface area (Å²) in [5.41, 5.74) is 0. The van der Waals surface area contributed by atoms with Crippen LogP contribution in [-0.4, -0.2) is 0 Å². The molecule has 0 aromatic rings. The quantitative estimate of drug-likeness (QED) is 0.240. The Morgan fingerprint density at radius 1 is 0.355 bits per heavy atom. The molecular formula is C31H62.